The van der Waals surface area contributed by atoms with Gasteiger partial charge in [-0.2, -0.15) is 0 Å². The Bertz CT molecular complexity index is 501. The second kappa shape index (κ2) is 5.61. The van der Waals surface area contributed by atoms with Gasteiger partial charge in [-0.05, 0) is 19.9 Å². The van der Waals surface area contributed by atoms with Crippen LogP contribution in [0.5, 0.6) is 0 Å². The highest BCUT2D eigenvalue weighted by molar-refractivity contribution is 5.86. The molecule has 8 heteroatoms. The molecule has 0 bridgehead atoms. The van der Waals surface area contributed by atoms with Crippen LogP contribution in [0.4, 0.5) is 11.5 Å². The zero-order valence-electron chi connectivity index (χ0n) is 10.8. The van der Waals surface area contributed by atoms with Gasteiger partial charge in [-0.3, -0.25) is 10.1 Å². The molecule has 0 amide bonds. The van der Waals surface area contributed by atoms with Crippen molar-refractivity contribution in [2.75, 3.05) is 19.0 Å². The number of carboxylic acids is 1. The van der Waals surface area contributed by atoms with E-state index in [-0.39, 0.29) is 23.8 Å². The Morgan fingerprint density at radius 2 is 2.21 bits per heavy atom. The lowest BCUT2D eigenvalue weighted by atomic mass is 10.1. The third kappa shape index (κ3) is 3.88. The second-order valence-corrected chi connectivity index (χ2v) is 4.57. The van der Waals surface area contributed by atoms with Gasteiger partial charge in [0.15, 0.2) is 5.69 Å². The molecule has 1 aromatic heterocycles. The summed E-state index contributed by atoms with van der Waals surface area (Å²) in [7, 11) is 1.50. The fourth-order valence-corrected chi connectivity index (χ4v) is 1.53. The van der Waals surface area contributed by atoms with Crippen molar-refractivity contribution >= 4 is 17.5 Å². The van der Waals surface area contributed by atoms with Gasteiger partial charge in [0.2, 0.25) is 5.82 Å². The molecule has 8 nitrogen and oxygen atoms in total. The van der Waals surface area contributed by atoms with E-state index in [0.717, 1.165) is 12.1 Å². The van der Waals surface area contributed by atoms with E-state index in [1.54, 1.807) is 13.8 Å². The van der Waals surface area contributed by atoms with Crippen molar-refractivity contribution in [3.05, 3.63) is 27.9 Å². The lowest BCUT2D eigenvalue weighted by molar-refractivity contribution is -0.384. The third-order valence-corrected chi connectivity index (χ3v) is 2.25. The maximum absolute atomic E-state index is 10.9. The highest BCUT2D eigenvalue weighted by atomic mass is 16.6. The van der Waals surface area contributed by atoms with Crippen LogP contribution in [-0.2, 0) is 4.74 Å². The molecule has 0 radical (unpaired) electrons. The molecule has 2 N–H and O–H groups in total. The minimum absolute atomic E-state index is 0.0908. The normalized spacial score (nSPS) is 11.1. The number of aromatic carboxylic acids is 1. The summed E-state index contributed by atoms with van der Waals surface area (Å²) in [6.07, 6.45) is 0. The first kappa shape index (κ1) is 14.8. The van der Waals surface area contributed by atoms with E-state index in [0.29, 0.717) is 0 Å². The summed E-state index contributed by atoms with van der Waals surface area (Å²) in [6.45, 7) is 3.80. The van der Waals surface area contributed by atoms with Gasteiger partial charge in [-0.25, -0.2) is 9.78 Å². The number of pyridine rings is 1. The van der Waals surface area contributed by atoms with Gasteiger partial charge < -0.3 is 15.2 Å². The van der Waals surface area contributed by atoms with Crippen LogP contribution in [-0.4, -0.2) is 40.2 Å². The lowest BCUT2D eigenvalue weighted by Crippen LogP contribution is -2.36. The summed E-state index contributed by atoms with van der Waals surface area (Å²) in [4.78, 5) is 24.9. The Kier molecular flexibility index (Phi) is 4.38. The molecule has 0 aliphatic heterocycles. The van der Waals surface area contributed by atoms with Gasteiger partial charge >= 0.3 is 11.7 Å². The first-order chi connectivity index (χ1) is 8.76. The van der Waals surface area contributed by atoms with Crippen LogP contribution in [0.25, 0.3) is 0 Å². The second-order valence-electron chi connectivity index (χ2n) is 4.57. The summed E-state index contributed by atoms with van der Waals surface area (Å²) in [5.74, 6) is -1.34. The number of nitro groups is 1. The van der Waals surface area contributed by atoms with Gasteiger partial charge in [-0.15, -0.1) is 0 Å². The minimum atomic E-state index is -1.25. The van der Waals surface area contributed by atoms with Crippen LogP contribution in [0.1, 0.15) is 24.3 Å². The van der Waals surface area contributed by atoms with E-state index in [9.17, 15) is 14.9 Å². The largest absolute Gasteiger partial charge is 0.477 e. The van der Waals surface area contributed by atoms with E-state index < -0.39 is 16.4 Å². The molecule has 0 aromatic carbocycles. The van der Waals surface area contributed by atoms with Crippen molar-refractivity contribution < 1.29 is 19.6 Å². The Balaban J connectivity index is 3.18. The smallest absolute Gasteiger partial charge is 0.354 e. The fraction of sp³-hybridized carbons (Fsp3) is 0.455. The molecule has 104 valence electrons. The minimum Gasteiger partial charge on any atom is -0.477 e. The molecule has 1 rings (SSSR count). The number of nitrogens with zero attached hydrogens (tertiary/aromatic N) is 2. The zero-order chi connectivity index (χ0) is 14.6. The van der Waals surface area contributed by atoms with E-state index >= 15 is 0 Å². The number of methoxy groups -OCH3 is 1. The average Bonchev–Trinajstić information content (AvgIpc) is 2.27. The Labute approximate surface area is 109 Å². The Morgan fingerprint density at radius 1 is 1.58 bits per heavy atom. The van der Waals surface area contributed by atoms with Crippen molar-refractivity contribution in [1.82, 2.24) is 4.98 Å². The lowest BCUT2D eigenvalue weighted by Gasteiger charge is -2.25. The zero-order valence-corrected chi connectivity index (χ0v) is 10.8. The number of ether oxygens (including phenoxy) is 1. The molecular formula is C11H15N3O5. The molecule has 0 unspecified atom stereocenters. The van der Waals surface area contributed by atoms with Crippen LogP contribution >= 0.6 is 0 Å². The van der Waals surface area contributed by atoms with E-state index in [2.05, 4.69) is 10.3 Å². The number of aromatic nitrogens is 1. The Hall–Kier alpha value is -2.22. The molecule has 0 aliphatic rings. The molecule has 1 heterocycles. The van der Waals surface area contributed by atoms with Gasteiger partial charge in [0.1, 0.15) is 0 Å². The van der Waals surface area contributed by atoms with Gasteiger partial charge in [0, 0.05) is 13.2 Å². The SMILES string of the molecule is COCC(C)(C)Nc1nc(C(=O)O)ccc1[N+](=O)[O-]. The fourth-order valence-electron chi connectivity index (χ4n) is 1.53. The van der Waals surface area contributed by atoms with Crippen LogP contribution < -0.4 is 5.32 Å². The number of carbonyl (C=O) groups is 1. The number of nitrogens with one attached hydrogen (secondary N) is 1. The van der Waals surface area contributed by atoms with Gasteiger partial charge in [-0.1, -0.05) is 0 Å². The van der Waals surface area contributed by atoms with Crippen molar-refractivity contribution in [3.63, 3.8) is 0 Å². The van der Waals surface area contributed by atoms with Crippen molar-refractivity contribution in [3.8, 4) is 0 Å². The molecular weight excluding hydrogens is 254 g/mol. The molecule has 0 atom stereocenters. The summed E-state index contributed by atoms with van der Waals surface area (Å²) in [5.41, 5.74) is -1.17. The molecule has 0 aliphatic carbocycles. The topological polar surface area (TPSA) is 115 Å². The first-order valence-electron chi connectivity index (χ1n) is 5.42. The van der Waals surface area contributed by atoms with Crippen LogP contribution in [0, 0.1) is 10.1 Å². The standard InChI is InChI=1S/C11H15N3O5/c1-11(2,6-19-3)13-9-8(14(17)18)5-4-7(12-9)10(15)16/h4-5H,6H2,1-3H3,(H,12,13)(H,15,16). The molecule has 0 saturated carbocycles. The van der Waals surface area contributed by atoms with E-state index in [1.807, 2.05) is 0 Å². The predicted molar refractivity (Wildman–Crippen MR) is 67.4 cm³/mol. The molecule has 0 saturated heterocycles. The highest BCUT2D eigenvalue weighted by Crippen LogP contribution is 2.25. The van der Waals surface area contributed by atoms with Crippen molar-refractivity contribution in [1.29, 1.82) is 0 Å². The quantitative estimate of drug-likeness (QED) is 0.594. The molecule has 0 spiro atoms. The van der Waals surface area contributed by atoms with Crippen molar-refractivity contribution in [2.24, 2.45) is 0 Å². The summed E-state index contributed by atoms with van der Waals surface area (Å²) in [6, 6.07) is 2.20. The maximum Gasteiger partial charge on any atom is 0.354 e. The summed E-state index contributed by atoms with van der Waals surface area (Å²) in [5, 5.41) is 22.6. The molecule has 1 aromatic rings. The maximum atomic E-state index is 10.9. The number of rotatable bonds is 6. The summed E-state index contributed by atoms with van der Waals surface area (Å²) < 4.78 is 4.98. The van der Waals surface area contributed by atoms with Crippen molar-refractivity contribution in [2.45, 2.75) is 19.4 Å². The monoisotopic (exact) mass is 269 g/mol. The number of hydrogen-bond acceptors (Lipinski definition) is 6. The molecule has 0 fully saturated rings. The van der Waals surface area contributed by atoms with Crippen LogP contribution in [0.3, 0.4) is 0 Å². The van der Waals surface area contributed by atoms with Gasteiger partial charge in [0.05, 0.1) is 17.1 Å². The number of anilines is 1. The van der Waals surface area contributed by atoms with Crippen LogP contribution in [0.15, 0.2) is 12.1 Å². The summed E-state index contributed by atoms with van der Waals surface area (Å²) >= 11 is 0. The number of carboxylic acid groups (broad SMARTS) is 1. The third-order valence-electron chi connectivity index (χ3n) is 2.25. The Morgan fingerprint density at radius 3 is 2.68 bits per heavy atom. The van der Waals surface area contributed by atoms with Crippen LogP contribution in [0.2, 0.25) is 0 Å². The first-order valence-corrected chi connectivity index (χ1v) is 5.42. The average molecular weight is 269 g/mol. The predicted octanol–water partition coefficient (Wildman–Crippen LogP) is 1.52. The number of hydrogen-bond donors (Lipinski definition) is 2. The van der Waals surface area contributed by atoms with E-state index in [1.165, 1.54) is 7.11 Å². The van der Waals surface area contributed by atoms with E-state index in [4.69, 9.17) is 9.84 Å². The molecule has 19 heavy (non-hydrogen) atoms. The van der Waals surface area contributed by atoms with Gasteiger partial charge in [0.25, 0.3) is 0 Å². The highest BCUT2D eigenvalue weighted by Gasteiger charge is 2.25.